The van der Waals surface area contributed by atoms with E-state index in [1.807, 2.05) is 38.1 Å². The molecule has 2 amide bonds. The van der Waals surface area contributed by atoms with Gasteiger partial charge in [-0.2, -0.15) is 0 Å². The molecule has 0 aromatic heterocycles. The number of likely N-dealkylation sites (N-methyl/N-ethyl adjacent to an activating group) is 1. The molecule has 0 fully saturated rings. The number of sulfonamides is 1. The van der Waals surface area contributed by atoms with Crippen molar-refractivity contribution in [2.75, 3.05) is 23.7 Å². The van der Waals surface area contributed by atoms with Gasteiger partial charge < -0.3 is 10.2 Å². The van der Waals surface area contributed by atoms with Crippen molar-refractivity contribution in [2.24, 2.45) is 0 Å². The molecule has 0 unspecified atom stereocenters. The van der Waals surface area contributed by atoms with Gasteiger partial charge in [0.15, 0.2) is 0 Å². The summed E-state index contributed by atoms with van der Waals surface area (Å²) in [6, 6.07) is 11.9. The number of hydrogen-bond donors (Lipinski definition) is 1. The Morgan fingerprint density at radius 1 is 1.15 bits per heavy atom. The number of amides is 2. The lowest BCUT2D eigenvalue weighted by Crippen LogP contribution is -2.47. The van der Waals surface area contributed by atoms with Gasteiger partial charge in [-0.05, 0) is 62.6 Å². The fraction of sp³-hybridized carbons (Fsp3) is 0.417. The number of anilines is 1. The molecule has 0 heterocycles. The average Bonchev–Trinajstić information content (AvgIpc) is 2.77. The number of benzene rings is 2. The minimum atomic E-state index is -3.58. The van der Waals surface area contributed by atoms with Crippen LogP contribution in [-0.4, -0.2) is 50.5 Å². The molecule has 186 valence electrons. The highest BCUT2D eigenvalue weighted by atomic mass is 79.9. The van der Waals surface area contributed by atoms with Crippen LogP contribution in [0.2, 0.25) is 5.02 Å². The molecule has 0 aliphatic carbocycles. The van der Waals surface area contributed by atoms with Crippen LogP contribution in [0.5, 0.6) is 0 Å². The van der Waals surface area contributed by atoms with Gasteiger partial charge in [-0.3, -0.25) is 13.9 Å². The van der Waals surface area contributed by atoms with Gasteiger partial charge in [-0.1, -0.05) is 45.7 Å². The molecule has 7 nitrogen and oxygen atoms in total. The highest BCUT2D eigenvalue weighted by Crippen LogP contribution is 2.27. The maximum absolute atomic E-state index is 13.2. The smallest absolute Gasteiger partial charge is 0.242 e. The molecule has 0 saturated carbocycles. The molecule has 0 aliphatic heterocycles. The number of aryl methyl sites for hydroxylation is 1. The van der Waals surface area contributed by atoms with E-state index in [1.165, 1.54) is 9.21 Å². The van der Waals surface area contributed by atoms with Crippen molar-refractivity contribution < 1.29 is 18.0 Å². The van der Waals surface area contributed by atoms with E-state index in [0.29, 0.717) is 17.3 Å². The first-order valence-corrected chi connectivity index (χ1v) is 14.0. The lowest BCUT2D eigenvalue weighted by atomic mass is 10.1. The molecule has 0 spiro atoms. The third-order valence-corrected chi connectivity index (χ3v) is 7.32. The van der Waals surface area contributed by atoms with Gasteiger partial charge in [0.05, 0.1) is 11.9 Å². The first-order valence-electron chi connectivity index (χ1n) is 11.0. The third kappa shape index (κ3) is 7.99. The van der Waals surface area contributed by atoms with Crippen LogP contribution in [0.4, 0.5) is 5.69 Å². The number of carbonyl (C=O) groups is 2. The summed E-state index contributed by atoms with van der Waals surface area (Å²) < 4.78 is 27.1. The molecule has 2 aromatic rings. The minimum Gasteiger partial charge on any atom is -0.355 e. The molecule has 0 aliphatic rings. The van der Waals surface area contributed by atoms with Gasteiger partial charge in [-0.25, -0.2) is 8.42 Å². The van der Waals surface area contributed by atoms with Crippen LogP contribution < -0.4 is 9.62 Å². The quantitative estimate of drug-likeness (QED) is 0.429. The Balaban J connectivity index is 2.18. The second-order valence-electron chi connectivity index (χ2n) is 8.09. The Kier molecular flexibility index (Phi) is 10.4. The summed E-state index contributed by atoms with van der Waals surface area (Å²) in [6.07, 6.45) is 1.51. The van der Waals surface area contributed by atoms with E-state index in [9.17, 15) is 18.0 Å². The predicted octanol–water partition coefficient (Wildman–Crippen LogP) is 4.51. The van der Waals surface area contributed by atoms with Crippen LogP contribution in [0, 0.1) is 6.92 Å². The normalized spacial score (nSPS) is 12.2. The van der Waals surface area contributed by atoms with Gasteiger partial charge in [-0.15, -0.1) is 0 Å². The monoisotopic (exact) mass is 571 g/mol. The summed E-state index contributed by atoms with van der Waals surface area (Å²) in [7, 11) is -3.58. The van der Waals surface area contributed by atoms with E-state index in [4.69, 9.17) is 11.6 Å². The first-order chi connectivity index (χ1) is 15.9. The van der Waals surface area contributed by atoms with Crippen LogP contribution in [0.15, 0.2) is 46.9 Å². The summed E-state index contributed by atoms with van der Waals surface area (Å²) in [5.41, 5.74) is 2.15. The van der Waals surface area contributed by atoms with E-state index >= 15 is 0 Å². The van der Waals surface area contributed by atoms with Crippen molar-refractivity contribution in [2.45, 2.75) is 46.2 Å². The number of nitrogens with one attached hydrogen (secondary N) is 1. The lowest BCUT2D eigenvalue weighted by Gasteiger charge is -2.29. The Bertz CT molecular complexity index is 1110. The summed E-state index contributed by atoms with van der Waals surface area (Å²) in [5, 5.41) is 3.19. The largest absolute Gasteiger partial charge is 0.355 e. The van der Waals surface area contributed by atoms with Gasteiger partial charge >= 0.3 is 0 Å². The molecule has 10 heteroatoms. The molecule has 0 radical (unpaired) electrons. The zero-order valence-corrected chi connectivity index (χ0v) is 23.0. The molecule has 0 saturated heterocycles. The van der Waals surface area contributed by atoms with Gasteiger partial charge in [0.25, 0.3) is 0 Å². The van der Waals surface area contributed by atoms with Crippen LogP contribution in [0.25, 0.3) is 0 Å². The molecule has 0 bridgehead atoms. The summed E-state index contributed by atoms with van der Waals surface area (Å²) in [4.78, 5) is 27.2. The number of rotatable bonds is 11. The van der Waals surface area contributed by atoms with E-state index in [1.54, 1.807) is 25.1 Å². The van der Waals surface area contributed by atoms with Gasteiger partial charge in [0, 0.05) is 35.6 Å². The van der Waals surface area contributed by atoms with Crippen LogP contribution >= 0.6 is 27.5 Å². The third-order valence-electron chi connectivity index (χ3n) is 5.38. The van der Waals surface area contributed by atoms with Crippen molar-refractivity contribution in [3.05, 3.63) is 63.1 Å². The first kappa shape index (κ1) is 28.1. The number of halogens is 2. The Hall–Kier alpha value is -2.10. The molecule has 2 rings (SSSR count). The molecule has 34 heavy (non-hydrogen) atoms. The van der Waals surface area contributed by atoms with Crippen LogP contribution in [-0.2, 0) is 26.2 Å². The summed E-state index contributed by atoms with van der Waals surface area (Å²) in [6.45, 7) is 6.18. The minimum absolute atomic E-state index is 0.0892. The second kappa shape index (κ2) is 12.6. The summed E-state index contributed by atoms with van der Waals surface area (Å²) in [5.74, 6) is -0.460. The van der Waals surface area contributed by atoms with Crippen LogP contribution in [0.3, 0.4) is 0 Å². The van der Waals surface area contributed by atoms with Crippen molar-refractivity contribution in [1.29, 1.82) is 0 Å². The van der Waals surface area contributed by atoms with Crippen molar-refractivity contribution >= 4 is 55.1 Å². The number of hydrogen-bond acceptors (Lipinski definition) is 4. The van der Waals surface area contributed by atoms with E-state index in [0.717, 1.165) is 21.9 Å². The highest BCUT2D eigenvalue weighted by Gasteiger charge is 2.26. The zero-order valence-electron chi connectivity index (χ0n) is 19.8. The van der Waals surface area contributed by atoms with Gasteiger partial charge in [0.2, 0.25) is 21.8 Å². The molecular weight excluding hydrogens is 542 g/mol. The maximum Gasteiger partial charge on any atom is 0.242 e. The standard InChI is InChI=1S/C24H31BrClN3O4S/c1-5-27-24(31)18(3)28(16-19-9-11-20(25)12-10-19)23(30)7-6-14-29(34(4,32)33)22-15-21(26)13-8-17(22)2/h8-13,15,18H,5-7,14,16H2,1-4H3,(H,27,31)/t18-/m1/s1. The fourth-order valence-corrected chi connectivity index (χ4v) is 4.97. The Morgan fingerprint density at radius 2 is 1.79 bits per heavy atom. The Labute approximate surface area is 215 Å². The van der Waals surface area contributed by atoms with E-state index in [-0.39, 0.29) is 37.7 Å². The Morgan fingerprint density at radius 3 is 2.38 bits per heavy atom. The topological polar surface area (TPSA) is 86.8 Å². The molecular formula is C24H31BrClN3O4S. The van der Waals surface area contributed by atoms with Crippen LogP contribution in [0.1, 0.15) is 37.8 Å². The fourth-order valence-electron chi connectivity index (χ4n) is 3.52. The predicted molar refractivity (Wildman–Crippen MR) is 140 cm³/mol. The van der Waals surface area contributed by atoms with E-state index in [2.05, 4.69) is 21.2 Å². The highest BCUT2D eigenvalue weighted by molar-refractivity contribution is 9.10. The number of carbonyl (C=O) groups excluding carboxylic acids is 2. The second-order valence-corrected chi connectivity index (χ2v) is 11.3. The SMILES string of the molecule is CCNC(=O)[C@@H](C)N(Cc1ccc(Br)cc1)C(=O)CCCN(c1cc(Cl)ccc1C)S(C)(=O)=O. The van der Waals surface area contributed by atoms with Crippen molar-refractivity contribution in [1.82, 2.24) is 10.2 Å². The van der Waals surface area contributed by atoms with Gasteiger partial charge in [0.1, 0.15) is 6.04 Å². The van der Waals surface area contributed by atoms with Crippen molar-refractivity contribution in [3.8, 4) is 0 Å². The number of nitrogens with zero attached hydrogens (tertiary/aromatic N) is 2. The lowest BCUT2D eigenvalue weighted by molar-refractivity contribution is -0.140. The summed E-state index contributed by atoms with van der Waals surface area (Å²) >= 11 is 9.49. The average molecular weight is 573 g/mol. The van der Waals surface area contributed by atoms with Crippen molar-refractivity contribution in [3.63, 3.8) is 0 Å². The van der Waals surface area contributed by atoms with E-state index < -0.39 is 16.1 Å². The maximum atomic E-state index is 13.2. The molecule has 2 aromatic carbocycles. The zero-order chi connectivity index (χ0) is 25.5. The molecule has 1 N–H and O–H groups in total. The molecule has 1 atom stereocenters.